The number of aliphatic hydroxyl groups excluding tert-OH is 2. The van der Waals surface area contributed by atoms with E-state index >= 15 is 0 Å². The van der Waals surface area contributed by atoms with Gasteiger partial charge in [0.2, 0.25) is 0 Å². The van der Waals surface area contributed by atoms with E-state index in [1.165, 1.54) is 0 Å². The van der Waals surface area contributed by atoms with E-state index in [1.807, 2.05) is 0 Å². The van der Waals surface area contributed by atoms with Gasteiger partial charge >= 0.3 is 0 Å². The Hall–Kier alpha value is -1.68. The predicted molar refractivity (Wildman–Crippen MR) is 75.4 cm³/mol. The molecule has 0 saturated carbocycles. The molecular weight excluding hydrogens is 278 g/mol. The summed E-state index contributed by atoms with van der Waals surface area (Å²) in [6.45, 7) is 0.456. The molecule has 2 heterocycles. The summed E-state index contributed by atoms with van der Waals surface area (Å²) in [7, 11) is 3.10. The Kier molecular flexibility index (Phi) is 5.12. The molecular formula is C12H21N5O4. The van der Waals surface area contributed by atoms with Crippen molar-refractivity contribution in [3.05, 3.63) is 12.0 Å². The van der Waals surface area contributed by atoms with Crippen molar-refractivity contribution in [2.75, 3.05) is 26.1 Å². The molecule has 9 heteroatoms. The van der Waals surface area contributed by atoms with Gasteiger partial charge in [0, 0.05) is 39.7 Å². The molecule has 0 saturated heterocycles. The maximum Gasteiger partial charge on any atom is 0.197 e. The Morgan fingerprint density at radius 1 is 1.48 bits per heavy atom. The van der Waals surface area contributed by atoms with Gasteiger partial charge in [0.25, 0.3) is 0 Å². The predicted octanol–water partition coefficient (Wildman–Crippen LogP) is -0.768. The van der Waals surface area contributed by atoms with Gasteiger partial charge in [0.05, 0.1) is 6.33 Å². The van der Waals surface area contributed by atoms with Crippen LogP contribution in [0.4, 0.5) is 5.82 Å². The van der Waals surface area contributed by atoms with E-state index in [0.29, 0.717) is 24.5 Å². The number of fused-ring (bicyclic) bond motifs is 1. The normalized spacial score (nSPS) is 19.1. The second-order valence-electron chi connectivity index (χ2n) is 4.83. The summed E-state index contributed by atoms with van der Waals surface area (Å²) in [4.78, 5) is 7.91. The topological polar surface area (TPSA) is 127 Å². The first-order valence-electron chi connectivity index (χ1n) is 6.58. The van der Waals surface area contributed by atoms with Crippen molar-refractivity contribution < 1.29 is 19.7 Å². The van der Waals surface area contributed by atoms with E-state index in [-0.39, 0.29) is 24.8 Å². The van der Waals surface area contributed by atoms with Gasteiger partial charge in [-0.1, -0.05) is 0 Å². The quantitative estimate of drug-likeness (QED) is 0.487. The summed E-state index contributed by atoms with van der Waals surface area (Å²) in [5.74, 6) is 0.621. The third-order valence-electron chi connectivity index (χ3n) is 3.38. The highest BCUT2D eigenvalue weighted by molar-refractivity contribution is 5.93. The zero-order valence-corrected chi connectivity index (χ0v) is 12.1. The molecule has 1 aliphatic heterocycles. The average Bonchev–Trinajstić information content (AvgIpc) is 2.86. The monoisotopic (exact) mass is 299 g/mol. The fraction of sp³-hybridized carbons (Fsp3) is 0.667. The lowest BCUT2D eigenvalue weighted by molar-refractivity contribution is -0.117. The van der Waals surface area contributed by atoms with Gasteiger partial charge in [0.15, 0.2) is 18.5 Å². The first kappa shape index (κ1) is 15.7. The van der Waals surface area contributed by atoms with E-state index in [1.54, 1.807) is 25.1 Å². The van der Waals surface area contributed by atoms with Crippen molar-refractivity contribution >= 4 is 11.8 Å². The molecule has 0 radical (unpaired) electrons. The van der Waals surface area contributed by atoms with Crippen molar-refractivity contribution in [1.82, 2.24) is 9.55 Å². The van der Waals surface area contributed by atoms with E-state index < -0.39 is 6.23 Å². The number of aromatic nitrogens is 2. The van der Waals surface area contributed by atoms with Crippen LogP contribution in [0.15, 0.2) is 11.3 Å². The molecule has 1 aromatic heterocycles. The lowest BCUT2D eigenvalue weighted by Gasteiger charge is -2.22. The molecule has 118 valence electrons. The zero-order valence-electron chi connectivity index (χ0n) is 12.1. The van der Waals surface area contributed by atoms with Gasteiger partial charge in [-0.05, 0) is 0 Å². The minimum absolute atomic E-state index is 0.0255. The number of guanidine groups is 1. The Bertz CT molecular complexity index is 500. The minimum atomic E-state index is -1.07. The van der Waals surface area contributed by atoms with Crippen LogP contribution in [0.5, 0.6) is 0 Å². The molecule has 0 fully saturated rings. The molecule has 1 unspecified atom stereocenters. The molecule has 0 spiro atoms. The number of aliphatic imine (C=N–C) groups is 1. The second kappa shape index (κ2) is 6.85. The van der Waals surface area contributed by atoms with E-state index in [4.69, 9.17) is 15.2 Å². The van der Waals surface area contributed by atoms with Crippen molar-refractivity contribution in [2.24, 2.45) is 16.6 Å². The average molecular weight is 299 g/mol. The van der Waals surface area contributed by atoms with Crippen molar-refractivity contribution in [3.8, 4) is 0 Å². The fourth-order valence-electron chi connectivity index (χ4n) is 2.25. The maximum absolute atomic E-state index is 9.79. The third-order valence-corrected chi connectivity index (χ3v) is 3.38. The van der Waals surface area contributed by atoms with E-state index in [0.717, 1.165) is 0 Å². The summed E-state index contributed by atoms with van der Waals surface area (Å²) in [6, 6.07) is 0. The molecule has 5 N–H and O–H groups in total. The lowest BCUT2D eigenvalue weighted by atomic mass is 10.1. The van der Waals surface area contributed by atoms with Gasteiger partial charge < -0.3 is 35.3 Å². The van der Waals surface area contributed by atoms with Gasteiger partial charge in [-0.2, -0.15) is 0 Å². The van der Waals surface area contributed by atoms with Crippen LogP contribution < -0.4 is 11.1 Å². The van der Waals surface area contributed by atoms with Crippen LogP contribution in [0.3, 0.4) is 0 Å². The standard InChI is InChI=1S/C12H21N5O4/c1-20-8(21-2)3-7(5-18)4-17-6-14-9-10(17)15-12(13)16-11(9)19/h6-8,11,18-19H,3-5H2,1-2H3,(H3,13,15,16)/t7-,11?/m1/s1. The van der Waals surface area contributed by atoms with Crippen molar-refractivity contribution in [1.29, 1.82) is 0 Å². The molecule has 0 aromatic carbocycles. The first-order chi connectivity index (χ1) is 10.1. The summed E-state index contributed by atoms with van der Waals surface area (Å²) in [5, 5.41) is 22.2. The number of aliphatic hydroxyl groups is 2. The number of hydrogen-bond donors (Lipinski definition) is 4. The number of methoxy groups -OCH3 is 2. The number of nitrogens with one attached hydrogen (secondary N) is 1. The smallest absolute Gasteiger partial charge is 0.197 e. The number of hydrogen-bond acceptors (Lipinski definition) is 8. The number of anilines is 1. The first-order valence-corrected chi connectivity index (χ1v) is 6.58. The summed E-state index contributed by atoms with van der Waals surface area (Å²) in [5.41, 5.74) is 6.02. The molecule has 2 rings (SSSR count). The Morgan fingerprint density at radius 2 is 2.19 bits per heavy atom. The van der Waals surface area contributed by atoms with Crippen LogP contribution >= 0.6 is 0 Å². The molecule has 1 aliphatic rings. The molecule has 1 aromatic rings. The summed E-state index contributed by atoms with van der Waals surface area (Å²) in [6.07, 6.45) is 0.655. The van der Waals surface area contributed by atoms with Crippen LogP contribution in [0, 0.1) is 5.92 Å². The van der Waals surface area contributed by atoms with Crippen LogP contribution in [0.25, 0.3) is 0 Å². The van der Waals surface area contributed by atoms with Gasteiger partial charge in [-0.3, -0.25) is 0 Å². The number of imidazole rings is 1. The molecule has 2 atom stereocenters. The molecule has 21 heavy (non-hydrogen) atoms. The number of ether oxygens (including phenoxy) is 2. The molecule has 9 nitrogen and oxygen atoms in total. The molecule has 0 bridgehead atoms. The Labute approximate surface area is 122 Å². The summed E-state index contributed by atoms with van der Waals surface area (Å²) >= 11 is 0. The number of nitrogens with zero attached hydrogens (tertiary/aromatic N) is 3. The zero-order chi connectivity index (χ0) is 15.4. The molecule has 0 amide bonds. The fourth-order valence-corrected chi connectivity index (χ4v) is 2.25. The molecule has 0 aliphatic carbocycles. The largest absolute Gasteiger partial charge is 0.396 e. The minimum Gasteiger partial charge on any atom is -0.396 e. The Balaban J connectivity index is 2.10. The van der Waals surface area contributed by atoms with Crippen LogP contribution in [-0.2, 0) is 16.0 Å². The third kappa shape index (κ3) is 3.50. The number of rotatable bonds is 7. The SMILES string of the molecule is COC(C[C@@H](CO)Cn1cnc2c1NC(N)=NC2O)OC. The number of nitrogens with two attached hydrogens (primary N) is 1. The van der Waals surface area contributed by atoms with E-state index in [2.05, 4.69) is 15.3 Å². The second-order valence-corrected chi connectivity index (χ2v) is 4.83. The van der Waals surface area contributed by atoms with Crippen LogP contribution in [-0.4, -0.2) is 52.8 Å². The highest BCUT2D eigenvalue weighted by Gasteiger charge is 2.25. The van der Waals surface area contributed by atoms with Gasteiger partial charge in [-0.25, -0.2) is 9.98 Å². The highest BCUT2D eigenvalue weighted by atomic mass is 16.7. The Morgan fingerprint density at radius 3 is 2.81 bits per heavy atom. The highest BCUT2D eigenvalue weighted by Crippen LogP contribution is 2.27. The van der Waals surface area contributed by atoms with E-state index in [9.17, 15) is 10.2 Å². The van der Waals surface area contributed by atoms with Crippen LogP contribution in [0.2, 0.25) is 0 Å². The van der Waals surface area contributed by atoms with Gasteiger partial charge in [0.1, 0.15) is 11.5 Å². The summed E-state index contributed by atoms with van der Waals surface area (Å²) < 4.78 is 12.1. The van der Waals surface area contributed by atoms with Crippen molar-refractivity contribution in [3.63, 3.8) is 0 Å². The maximum atomic E-state index is 9.79. The van der Waals surface area contributed by atoms with Crippen molar-refractivity contribution in [2.45, 2.75) is 25.5 Å². The van der Waals surface area contributed by atoms with Gasteiger partial charge in [-0.15, -0.1) is 0 Å². The lowest BCUT2D eigenvalue weighted by Crippen LogP contribution is -2.30. The van der Waals surface area contributed by atoms with Crippen LogP contribution in [0.1, 0.15) is 18.3 Å².